The Labute approximate surface area is 230 Å². The van der Waals surface area contributed by atoms with E-state index in [-0.39, 0.29) is 23.0 Å². The number of anilines is 1. The Kier molecular flexibility index (Phi) is 10.2. The van der Waals surface area contributed by atoms with E-state index in [9.17, 15) is 22.4 Å². The molecule has 7 nitrogen and oxygen atoms in total. The number of carbonyl (C=O) groups is 2. The average Bonchev–Trinajstić information content (AvgIpc) is 2.92. The fourth-order valence-corrected chi connectivity index (χ4v) is 5.68. The molecule has 0 aromatic heterocycles. The molecule has 0 radical (unpaired) electrons. The number of amides is 2. The van der Waals surface area contributed by atoms with Crippen LogP contribution in [0.25, 0.3) is 0 Å². The number of benzene rings is 3. The molecule has 0 heterocycles. The van der Waals surface area contributed by atoms with Crippen molar-refractivity contribution in [1.29, 1.82) is 0 Å². The van der Waals surface area contributed by atoms with Gasteiger partial charge in [-0.2, -0.15) is 0 Å². The first-order valence-electron chi connectivity index (χ1n) is 13.1. The maximum Gasteiger partial charge on any atom is 0.264 e. The van der Waals surface area contributed by atoms with Crippen LogP contribution in [0, 0.1) is 19.7 Å². The third-order valence-corrected chi connectivity index (χ3v) is 8.32. The molecular formula is C30H36FN3O4S. The van der Waals surface area contributed by atoms with Crippen molar-refractivity contribution in [3.05, 3.63) is 95.3 Å². The third kappa shape index (κ3) is 7.23. The molecular weight excluding hydrogens is 517 g/mol. The molecule has 208 valence electrons. The number of nitrogens with one attached hydrogen (secondary N) is 1. The van der Waals surface area contributed by atoms with E-state index in [4.69, 9.17) is 0 Å². The smallest absolute Gasteiger partial charge is 0.264 e. The Morgan fingerprint density at radius 1 is 0.923 bits per heavy atom. The van der Waals surface area contributed by atoms with Gasteiger partial charge in [0.2, 0.25) is 11.8 Å². The van der Waals surface area contributed by atoms with E-state index in [0.29, 0.717) is 13.0 Å². The molecule has 0 saturated carbocycles. The minimum Gasteiger partial charge on any atom is -0.354 e. The number of hydrogen-bond donors (Lipinski definition) is 1. The normalized spacial score (nSPS) is 12.0. The molecule has 0 saturated heterocycles. The van der Waals surface area contributed by atoms with Crippen LogP contribution in [0.1, 0.15) is 43.4 Å². The molecule has 0 aliphatic rings. The lowest BCUT2D eigenvalue weighted by atomic mass is 10.1. The highest BCUT2D eigenvalue weighted by Gasteiger charge is 2.34. The predicted octanol–water partition coefficient (Wildman–Crippen LogP) is 4.97. The van der Waals surface area contributed by atoms with Gasteiger partial charge in [0.25, 0.3) is 10.0 Å². The summed E-state index contributed by atoms with van der Waals surface area (Å²) in [6.07, 6.45) is 1.04. The Hall–Kier alpha value is -3.72. The van der Waals surface area contributed by atoms with Crippen LogP contribution in [0.5, 0.6) is 0 Å². The highest BCUT2D eigenvalue weighted by molar-refractivity contribution is 7.92. The number of halogens is 1. The van der Waals surface area contributed by atoms with Crippen molar-refractivity contribution in [2.75, 3.05) is 17.4 Å². The summed E-state index contributed by atoms with van der Waals surface area (Å²) < 4.78 is 43.4. The molecule has 0 aliphatic heterocycles. The summed E-state index contributed by atoms with van der Waals surface area (Å²) in [6.45, 7) is 7.33. The number of para-hydroxylation sites is 1. The summed E-state index contributed by atoms with van der Waals surface area (Å²) in [5.74, 6) is -1.71. The Morgan fingerprint density at radius 2 is 1.56 bits per heavy atom. The molecule has 0 spiro atoms. The second kappa shape index (κ2) is 13.4. The number of rotatable bonds is 12. The zero-order chi connectivity index (χ0) is 28.6. The van der Waals surface area contributed by atoms with Gasteiger partial charge in [-0.3, -0.25) is 13.9 Å². The number of aryl methyl sites for hydroxylation is 2. The second-order valence-electron chi connectivity index (χ2n) is 9.44. The van der Waals surface area contributed by atoms with Gasteiger partial charge in [-0.25, -0.2) is 12.8 Å². The molecule has 3 aromatic rings. The van der Waals surface area contributed by atoms with Crippen LogP contribution < -0.4 is 9.62 Å². The van der Waals surface area contributed by atoms with Gasteiger partial charge in [-0.05, 0) is 62.1 Å². The summed E-state index contributed by atoms with van der Waals surface area (Å²) >= 11 is 0. The third-order valence-electron chi connectivity index (χ3n) is 6.55. The fraction of sp³-hybridized carbons (Fsp3) is 0.333. The van der Waals surface area contributed by atoms with Crippen molar-refractivity contribution in [3.63, 3.8) is 0 Å². The van der Waals surface area contributed by atoms with Crippen molar-refractivity contribution in [3.8, 4) is 0 Å². The largest absolute Gasteiger partial charge is 0.354 e. The molecule has 0 unspecified atom stereocenters. The van der Waals surface area contributed by atoms with Crippen molar-refractivity contribution in [1.82, 2.24) is 10.2 Å². The summed E-state index contributed by atoms with van der Waals surface area (Å²) in [7, 11) is -4.32. The second-order valence-corrected chi connectivity index (χ2v) is 11.3. The first kappa shape index (κ1) is 29.8. The number of nitrogens with zero attached hydrogens (tertiary/aromatic N) is 2. The molecule has 39 heavy (non-hydrogen) atoms. The van der Waals surface area contributed by atoms with Gasteiger partial charge in [0.15, 0.2) is 0 Å². The average molecular weight is 554 g/mol. The van der Waals surface area contributed by atoms with E-state index in [2.05, 4.69) is 5.32 Å². The summed E-state index contributed by atoms with van der Waals surface area (Å²) in [5, 5.41) is 2.85. The zero-order valence-electron chi connectivity index (χ0n) is 22.9. The van der Waals surface area contributed by atoms with Gasteiger partial charge in [-0.1, -0.05) is 67.9 Å². The Balaban J connectivity index is 2.07. The summed E-state index contributed by atoms with van der Waals surface area (Å²) in [4.78, 5) is 28.4. The SMILES string of the molecule is CCCNC(=O)[C@H](CC)N(Cc1ccccc1C)C(=O)CN(c1ccccc1F)S(=O)(=O)c1ccc(C)cc1. The number of sulfonamides is 1. The lowest BCUT2D eigenvalue weighted by molar-refractivity contribution is -0.140. The van der Waals surface area contributed by atoms with Crippen molar-refractivity contribution in [2.24, 2.45) is 0 Å². The van der Waals surface area contributed by atoms with Gasteiger partial charge in [-0.15, -0.1) is 0 Å². The van der Waals surface area contributed by atoms with Crippen molar-refractivity contribution >= 4 is 27.5 Å². The van der Waals surface area contributed by atoms with Crippen LogP contribution in [-0.2, 0) is 26.2 Å². The Bertz CT molecular complexity index is 1390. The topological polar surface area (TPSA) is 86.8 Å². The molecule has 0 fully saturated rings. The van der Waals surface area contributed by atoms with Gasteiger partial charge < -0.3 is 10.2 Å². The molecule has 0 aliphatic carbocycles. The number of carbonyl (C=O) groups excluding carboxylic acids is 2. The molecule has 0 bridgehead atoms. The lowest BCUT2D eigenvalue weighted by Gasteiger charge is -2.33. The van der Waals surface area contributed by atoms with E-state index in [1.54, 1.807) is 19.1 Å². The van der Waals surface area contributed by atoms with Gasteiger partial charge >= 0.3 is 0 Å². The first-order chi connectivity index (χ1) is 18.6. The maximum absolute atomic E-state index is 15.0. The van der Waals surface area contributed by atoms with E-state index in [1.807, 2.05) is 45.0 Å². The quantitative estimate of drug-likeness (QED) is 0.343. The molecule has 1 N–H and O–H groups in total. The van der Waals surface area contributed by atoms with E-state index < -0.39 is 34.3 Å². The summed E-state index contributed by atoms with van der Waals surface area (Å²) in [6, 6.07) is 18.2. The molecule has 9 heteroatoms. The van der Waals surface area contributed by atoms with Crippen LogP contribution in [-0.4, -0.2) is 44.3 Å². The zero-order valence-corrected chi connectivity index (χ0v) is 23.7. The van der Waals surface area contributed by atoms with Crippen molar-refractivity contribution < 1.29 is 22.4 Å². The van der Waals surface area contributed by atoms with Crippen LogP contribution in [0.15, 0.2) is 77.7 Å². The van der Waals surface area contributed by atoms with Crippen molar-refractivity contribution in [2.45, 2.75) is 58.0 Å². The van der Waals surface area contributed by atoms with E-state index in [1.165, 1.54) is 35.2 Å². The summed E-state index contributed by atoms with van der Waals surface area (Å²) in [5.41, 5.74) is 2.37. The minimum absolute atomic E-state index is 0.0673. The maximum atomic E-state index is 15.0. The van der Waals surface area contributed by atoms with Gasteiger partial charge in [0.1, 0.15) is 18.4 Å². The Morgan fingerprint density at radius 3 is 2.18 bits per heavy atom. The standard InChI is InChI=1S/C30H36FN3O4S/c1-5-19-32-30(36)27(6-2)33(20-24-12-8-7-11-23(24)4)29(35)21-34(28-14-10-9-13-26(28)31)39(37,38)25-17-15-22(3)16-18-25/h7-18,27H,5-6,19-21H2,1-4H3,(H,32,36)/t27-/m0/s1. The van der Waals surface area contributed by atoms with Gasteiger partial charge in [0.05, 0.1) is 10.6 Å². The van der Waals surface area contributed by atoms with E-state index in [0.717, 1.165) is 33.5 Å². The molecule has 2 amide bonds. The molecule has 3 aromatic carbocycles. The predicted molar refractivity (Wildman–Crippen MR) is 151 cm³/mol. The molecule has 1 atom stereocenters. The van der Waals surface area contributed by atoms with Gasteiger partial charge in [0, 0.05) is 13.1 Å². The molecule has 3 rings (SSSR count). The van der Waals surface area contributed by atoms with Crippen LogP contribution >= 0.6 is 0 Å². The monoisotopic (exact) mass is 553 g/mol. The fourth-order valence-electron chi connectivity index (χ4n) is 4.26. The minimum atomic E-state index is -4.32. The first-order valence-corrected chi connectivity index (χ1v) is 14.5. The highest BCUT2D eigenvalue weighted by Crippen LogP contribution is 2.27. The van der Waals surface area contributed by atoms with Crippen LogP contribution in [0.3, 0.4) is 0 Å². The van der Waals surface area contributed by atoms with Crippen LogP contribution in [0.2, 0.25) is 0 Å². The van der Waals surface area contributed by atoms with Crippen LogP contribution in [0.4, 0.5) is 10.1 Å². The number of hydrogen-bond acceptors (Lipinski definition) is 4. The van der Waals surface area contributed by atoms with E-state index >= 15 is 0 Å². The lowest BCUT2D eigenvalue weighted by Crippen LogP contribution is -2.52. The highest BCUT2D eigenvalue weighted by atomic mass is 32.2.